The third-order valence-electron chi connectivity index (χ3n) is 5.92. The van der Waals surface area contributed by atoms with E-state index in [1.807, 2.05) is 50.2 Å². The zero-order valence-electron chi connectivity index (χ0n) is 19.8. The molecule has 0 spiro atoms. The van der Waals surface area contributed by atoms with Crippen molar-refractivity contribution >= 4 is 34.6 Å². The lowest BCUT2D eigenvalue weighted by Crippen LogP contribution is -2.34. The van der Waals surface area contributed by atoms with Crippen LogP contribution in [0.2, 0.25) is 5.02 Å². The highest BCUT2D eigenvalue weighted by molar-refractivity contribution is 6.31. The molecule has 2 heterocycles. The summed E-state index contributed by atoms with van der Waals surface area (Å²) < 4.78 is 0. The molecule has 4 rings (SSSR count). The van der Waals surface area contributed by atoms with Crippen molar-refractivity contribution in [2.75, 3.05) is 31.6 Å². The number of nitrogens with zero attached hydrogens (tertiary/aromatic N) is 4. The van der Waals surface area contributed by atoms with Gasteiger partial charge in [-0.2, -0.15) is 5.26 Å². The molecule has 0 aliphatic carbocycles. The van der Waals surface area contributed by atoms with E-state index < -0.39 is 0 Å². The summed E-state index contributed by atoms with van der Waals surface area (Å²) in [4.78, 5) is 19.3. The third-order valence-corrected chi connectivity index (χ3v) is 6.15. The summed E-state index contributed by atoms with van der Waals surface area (Å²) >= 11 is 6.21. The van der Waals surface area contributed by atoms with Crippen molar-refractivity contribution in [1.82, 2.24) is 9.88 Å². The number of anilines is 1. The number of aromatic nitrogens is 1. The smallest absolute Gasteiger partial charge is 0.137 e. The molecule has 1 aliphatic heterocycles. The summed E-state index contributed by atoms with van der Waals surface area (Å²) in [7, 11) is 2.18. The monoisotopic (exact) mass is 462 g/mol. The highest BCUT2D eigenvalue weighted by Crippen LogP contribution is 2.35. The third kappa shape index (κ3) is 6.10. The first-order valence-corrected chi connectivity index (χ1v) is 11.7. The van der Waals surface area contributed by atoms with Gasteiger partial charge in [-0.05, 0) is 55.9 Å². The number of fused-ring (bicyclic) bond motifs is 1. The Kier molecular flexibility index (Phi) is 8.43. The van der Waals surface area contributed by atoms with Crippen LogP contribution in [0.1, 0.15) is 32.8 Å². The van der Waals surface area contributed by atoms with E-state index in [1.165, 1.54) is 0 Å². The van der Waals surface area contributed by atoms with Crippen molar-refractivity contribution in [1.29, 1.82) is 5.26 Å². The quantitative estimate of drug-likeness (QED) is 0.448. The Morgan fingerprint density at radius 2 is 2.03 bits per heavy atom. The van der Waals surface area contributed by atoms with Gasteiger partial charge in [0.25, 0.3) is 0 Å². The molecule has 0 amide bonds. The molecule has 1 aromatic heterocycles. The largest absolute Gasteiger partial charge is 0.354 e. The van der Waals surface area contributed by atoms with Crippen molar-refractivity contribution in [3.8, 4) is 17.2 Å². The van der Waals surface area contributed by atoms with E-state index in [0.29, 0.717) is 16.6 Å². The molecule has 172 valence electrons. The Morgan fingerprint density at radius 3 is 2.70 bits per heavy atom. The molecule has 5 nitrogen and oxygen atoms in total. The summed E-state index contributed by atoms with van der Waals surface area (Å²) in [6.45, 7) is 8.86. The zero-order valence-corrected chi connectivity index (χ0v) is 20.5. The van der Waals surface area contributed by atoms with E-state index in [4.69, 9.17) is 16.6 Å². The highest BCUT2D eigenvalue weighted by atomic mass is 35.5. The molecule has 1 fully saturated rings. The van der Waals surface area contributed by atoms with Gasteiger partial charge in [-0.3, -0.25) is 0 Å². The van der Waals surface area contributed by atoms with Crippen LogP contribution in [-0.4, -0.2) is 48.9 Å². The number of pyridine rings is 1. The first-order valence-electron chi connectivity index (χ1n) is 11.4. The van der Waals surface area contributed by atoms with Crippen molar-refractivity contribution in [3.05, 3.63) is 59.1 Å². The number of carbonyl (C=O) groups excluding carboxylic acids is 1. The van der Waals surface area contributed by atoms with E-state index in [1.54, 1.807) is 0 Å². The Labute approximate surface area is 201 Å². The SMILES string of the molecule is CC(C)C=O.CCN(C)C1CCN(c2nc3cc(Cl)ccc3cc2-c2cccc(C#N)c2)C1. The standard InChI is InChI=1S/C23H23ClN4.C4H8O/c1-3-27(2)20-9-10-28(15-20)23-21(17-6-4-5-16(11-17)14-25)12-18-7-8-19(24)13-22(18)26-23;1-4(2)3-5/h4-8,11-13,20H,3,9-10,15H2,1-2H3;3-4H,1-2H3. The van der Waals surface area contributed by atoms with Gasteiger partial charge in [-0.1, -0.05) is 50.6 Å². The fourth-order valence-electron chi connectivity index (χ4n) is 3.89. The Balaban J connectivity index is 0.000000555. The Bertz CT molecular complexity index is 1150. The number of aldehydes is 1. The van der Waals surface area contributed by atoms with E-state index >= 15 is 0 Å². The molecule has 0 radical (unpaired) electrons. The second kappa shape index (κ2) is 11.3. The molecule has 0 N–H and O–H groups in total. The van der Waals surface area contributed by atoms with E-state index in [2.05, 4.69) is 42.0 Å². The summed E-state index contributed by atoms with van der Waals surface area (Å²) in [6, 6.07) is 18.5. The van der Waals surface area contributed by atoms with Crippen LogP contribution in [0.3, 0.4) is 0 Å². The molecule has 3 aromatic rings. The van der Waals surface area contributed by atoms with E-state index in [0.717, 1.165) is 60.2 Å². The molecule has 1 saturated heterocycles. The van der Waals surface area contributed by atoms with Crippen molar-refractivity contribution in [3.63, 3.8) is 0 Å². The maximum absolute atomic E-state index is 9.50. The molecular formula is C27H31ClN4O. The van der Waals surface area contributed by atoms with Gasteiger partial charge in [0, 0.05) is 41.0 Å². The summed E-state index contributed by atoms with van der Waals surface area (Å²) in [5.41, 5.74) is 3.64. The topological polar surface area (TPSA) is 60.2 Å². The maximum Gasteiger partial charge on any atom is 0.137 e. The Morgan fingerprint density at radius 1 is 1.27 bits per heavy atom. The summed E-state index contributed by atoms with van der Waals surface area (Å²) in [6.07, 6.45) is 2.04. The number of rotatable bonds is 5. The molecule has 1 atom stereocenters. The molecule has 33 heavy (non-hydrogen) atoms. The molecule has 0 saturated carbocycles. The van der Waals surface area contributed by atoms with Crippen LogP contribution in [0, 0.1) is 17.2 Å². The number of likely N-dealkylation sites (N-methyl/N-ethyl adjacent to an activating group) is 1. The number of hydrogen-bond donors (Lipinski definition) is 0. The normalized spacial score (nSPS) is 15.5. The van der Waals surface area contributed by atoms with Crippen LogP contribution in [0.25, 0.3) is 22.0 Å². The lowest BCUT2D eigenvalue weighted by Gasteiger charge is -2.25. The maximum atomic E-state index is 9.50. The van der Waals surface area contributed by atoms with Crippen LogP contribution in [0.5, 0.6) is 0 Å². The molecule has 2 aromatic carbocycles. The number of hydrogen-bond acceptors (Lipinski definition) is 5. The summed E-state index contributed by atoms with van der Waals surface area (Å²) in [5.74, 6) is 1.17. The minimum Gasteiger partial charge on any atom is -0.354 e. The van der Waals surface area contributed by atoms with Crippen LogP contribution in [0.4, 0.5) is 5.82 Å². The van der Waals surface area contributed by atoms with Crippen LogP contribution in [0.15, 0.2) is 48.5 Å². The predicted octanol–water partition coefficient (Wildman–Crippen LogP) is 5.80. The Hall–Kier alpha value is -2.94. The fourth-order valence-corrected chi connectivity index (χ4v) is 4.06. The van der Waals surface area contributed by atoms with Gasteiger partial charge < -0.3 is 14.6 Å². The van der Waals surface area contributed by atoms with Gasteiger partial charge in [-0.25, -0.2) is 4.98 Å². The van der Waals surface area contributed by atoms with E-state index in [-0.39, 0.29) is 5.92 Å². The molecule has 1 unspecified atom stereocenters. The second-order valence-corrected chi connectivity index (χ2v) is 9.17. The van der Waals surface area contributed by atoms with Crippen LogP contribution >= 0.6 is 11.6 Å². The van der Waals surface area contributed by atoms with Gasteiger partial charge in [0.05, 0.1) is 17.1 Å². The van der Waals surface area contributed by atoms with Crippen LogP contribution < -0.4 is 4.90 Å². The van der Waals surface area contributed by atoms with Gasteiger partial charge in [0.2, 0.25) is 0 Å². The first-order chi connectivity index (χ1) is 15.9. The zero-order chi connectivity index (χ0) is 24.0. The average Bonchev–Trinajstić information content (AvgIpc) is 3.33. The first kappa shape index (κ1) is 24.7. The average molecular weight is 463 g/mol. The second-order valence-electron chi connectivity index (χ2n) is 8.73. The number of halogens is 1. The van der Waals surface area contributed by atoms with Crippen molar-refractivity contribution in [2.45, 2.75) is 33.2 Å². The highest BCUT2D eigenvalue weighted by Gasteiger charge is 2.28. The van der Waals surface area contributed by atoms with Gasteiger partial charge in [-0.15, -0.1) is 0 Å². The number of nitriles is 1. The van der Waals surface area contributed by atoms with Gasteiger partial charge >= 0.3 is 0 Å². The predicted molar refractivity (Wildman–Crippen MR) is 137 cm³/mol. The van der Waals surface area contributed by atoms with Crippen LogP contribution in [-0.2, 0) is 4.79 Å². The molecular weight excluding hydrogens is 432 g/mol. The molecule has 0 bridgehead atoms. The van der Waals surface area contributed by atoms with E-state index in [9.17, 15) is 10.1 Å². The van der Waals surface area contributed by atoms with Gasteiger partial charge in [0.15, 0.2) is 0 Å². The molecule has 1 aliphatic rings. The minimum absolute atomic E-state index is 0.204. The lowest BCUT2D eigenvalue weighted by atomic mass is 10.0. The van der Waals surface area contributed by atoms with Crippen molar-refractivity contribution in [2.24, 2.45) is 5.92 Å². The lowest BCUT2D eigenvalue weighted by molar-refractivity contribution is -0.110. The fraction of sp³-hybridized carbons (Fsp3) is 0.370. The number of benzene rings is 2. The van der Waals surface area contributed by atoms with Gasteiger partial charge in [0.1, 0.15) is 12.1 Å². The van der Waals surface area contributed by atoms with Crippen molar-refractivity contribution < 1.29 is 4.79 Å². The summed E-state index contributed by atoms with van der Waals surface area (Å²) in [5, 5.41) is 11.1. The molecule has 6 heteroatoms. The number of carbonyl (C=O) groups is 1. The minimum atomic E-state index is 0.204.